The van der Waals surface area contributed by atoms with Gasteiger partial charge in [-0.3, -0.25) is 19.6 Å². The lowest BCUT2D eigenvalue weighted by Crippen LogP contribution is -2.74. The molecular formula is C108H198N4. The van der Waals surface area contributed by atoms with Crippen molar-refractivity contribution < 1.29 is 0 Å². The maximum absolute atomic E-state index is 3.73. The molecule has 0 heterocycles. The van der Waals surface area contributed by atoms with Gasteiger partial charge in [-0.25, -0.2) is 0 Å². The van der Waals surface area contributed by atoms with Crippen LogP contribution in [0.5, 0.6) is 0 Å². The second-order valence-electron chi connectivity index (χ2n) is 46.6. The summed E-state index contributed by atoms with van der Waals surface area (Å²) in [6.07, 6.45) is 97.2. The van der Waals surface area contributed by atoms with E-state index in [4.69, 9.17) is 0 Å². The Morgan fingerprint density at radius 2 is 0.482 bits per heavy atom. The Morgan fingerprint density at radius 3 is 0.750 bits per heavy atom. The average Bonchev–Trinajstić information content (AvgIpc) is 0.685. The summed E-state index contributed by atoms with van der Waals surface area (Å²) in [5.74, 6) is 15.0. The average molecular weight is 1550 g/mol. The van der Waals surface area contributed by atoms with Crippen LogP contribution in [0.4, 0.5) is 0 Å². The molecular weight excluding hydrogens is 1350 g/mol. The summed E-state index contributed by atoms with van der Waals surface area (Å²) in [7, 11) is 0. The molecule has 12 aliphatic rings. The summed E-state index contributed by atoms with van der Waals surface area (Å²) < 4.78 is 0. The van der Waals surface area contributed by atoms with Gasteiger partial charge in [-0.15, -0.1) is 0 Å². The minimum absolute atomic E-state index is 0.282. The van der Waals surface area contributed by atoms with Gasteiger partial charge in [0, 0.05) is 72.5 Å². The first-order valence-corrected chi connectivity index (χ1v) is 53.6. The molecule has 0 N–H and O–H groups in total. The number of rotatable bonds is 42. The van der Waals surface area contributed by atoms with Crippen LogP contribution in [0.3, 0.4) is 0 Å². The van der Waals surface area contributed by atoms with Crippen molar-refractivity contribution in [2.45, 2.75) is 580 Å². The molecule has 12 atom stereocenters. The van der Waals surface area contributed by atoms with Crippen LogP contribution in [0.1, 0.15) is 507 Å². The Balaban J connectivity index is 1.01. The highest BCUT2D eigenvalue weighted by Crippen LogP contribution is 2.69. The van der Waals surface area contributed by atoms with Gasteiger partial charge in [0.05, 0.1) is 0 Å². The second-order valence-corrected chi connectivity index (χ2v) is 46.6. The summed E-state index contributed by atoms with van der Waals surface area (Å²) in [6.45, 7) is 34.6. The molecule has 12 rings (SSSR count). The molecule has 112 heavy (non-hydrogen) atoms. The fraction of sp³-hybridized carbons (Fsp3) is 1.00. The van der Waals surface area contributed by atoms with Gasteiger partial charge >= 0.3 is 0 Å². The highest BCUT2D eigenvalue weighted by molar-refractivity contribution is 5.20. The van der Waals surface area contributed by atoms with Crippen LogP contribution >= 0.6 is 0 Å². The van der Waals surface area contributed by atoms with E-state index in [1.165, 1.54) is 398 Å². The SMILES string of the molecule is CCCCCCCCC1CCC(N(C2CCC(C)CC2)C2CC(N(C3CCC(C)CC3)C3CCC(CCCCCCCC)CC3)C3C(CC(C)C)CC4C5C3C2CC(C(C)(C)C)C5C(N(C2CCC(C)CC2)C2CCC(CCCCCCCC)CC2)CC4N(C2CCC(C)CC2)C2CCC(CCCCCCCC)CC2)CC1. The summed E-state index contributed by atoms with van der Waals surface area (Å²) >= 11 is 0. The van der Waals surface area contributed by atoms with Gasteiger partial charge in [0.25, 0.3) is 0 Å². The van der Waals surface area contributed by atoms with Crippen LogP contribution in [-0.2, 0) is 0 Å². The maximum Gasteiger partial charge on any atom is 0.0150 e. The monoisotopic (exact) mass is 1550 g/mol. The fourth-order valence-corrected chi connectivity index (χ4v) is 31.0. The van der Waals surface area contributed by atoms with Crippen molar-refractivity contribution in [1.29, 1.82) is 0 Å². The van der Waals surface area contributed by atoms with Crippen LogP contribution < -0.4 is 0 Å². The van der Waals surface area contributed by atoms with Gasteiger partial charge in [-0.2, -0.15) is 0 Å². The van der Waals surface area contributed by atoms with Gasteiger partial charge in [-0.1, -0.05) is 270 Å². The van der Waals surface area contributed by atoms with Crippen LogP contribution in [0, 0.1) is 106 Å². The van der Waals surface area contributed by atoms with Crippen molar-refractivity contribution in [3.05, 3.63) is 0 Å². The Bertz CT molecular complexity index is 2470. The highest BCUT2D eigenvalue weighted by atomic mass is 15.3. The molecule has 0 aliphatic heterocycles. The highest BCUT2D eigenvalue weighted by Gasteiger charge is 2.69. The summed E-state index contributed by atoms with van der Waals surface area (Å²) in [4.78, 5) is 14.9. The minimum Gasteiger partial charge on any atom is -0.294 e. The minimum atomic E-state index is 0.282. The zero-order valence-corrected chi connectivity index (χ0v) is 78.0. The first-order valence-electron chi connectivity index (χ1n) is 53.6. The van der Waals surface area contributed by atoms with Gasteiger partial charge < -0.3 is 0 Å². The molecule has 0 amide bonds. The fourth-order valence-electron chi connectivity index (χ4n) is 31.0. The summed E-state index contributed by atoms with van der Waals surface area (Å²) in [5, 5.41) is 0. The van der Waals surface area contributed by atoms with E-state index in [-0.39, 0.29) is 5.41 Å². The quantitative estimate of drug-likeness (QED) is 0.0565. The standard InChI is InChI=1S/C108H198N4/c1-14-18-22-26-30-34-38-84-50-66-93(67-51-84)109(89-58-42-80(7)43-59-89)100-78-103(112(92-64-48-83(10)49-65-92)96-72-56-87(57-73-96)41-37-33-29-25-21-17-4)107-99(108(11,12)13)76-98-101(110(90-60-44-81(8)45-61-90)94-68-52-85(53-69-94)39-35-31-27-23-19-15-2)77-102(104-88(74-79(5)6)75-97(100)106(107)105(98)104)111(91-62-46-82(9)47-63-91)95-70-54-86(55-71-95)40-36-32-28-24-20-16-3/h79-107H,14-78H2,1-13H3. The Morgan fingerprint density at radius 1 is 0.250 bits per heavy atom. The van der Waals surface area contributed by atoms with Crippen molar-refractivity contribution in [3.63, 3.8) is 0 Å². The molecule has 12 saturated carbocycles. The largest absolute Gasteiger partial charge is 0.294 e. The number of hydrogen-bond donors (Lipinski definition) is 0. The zero-order chi connectivity index (χ0) is 78.5. The Labute approximate surface area is 701 Å². The van der Waals surface area contributed by atoms with E-state index < -0.39 is 0 Å². The van der Waals surface area contributed by atoms with E-state index in [9.17, 15) is 0 Å². The Kier molecular flexibility index (Phi) is 37.7. The molecule has 12 fully saturated rings. The van der Waals surface area contributed by atoms with Crippen LogP contribution in [-0.4, -0.2) is 92.1 Å². The lowest BCUT2D eigenvalue weighted by molar-refractivity contribution is -0.234. The van der Waals surface area contributed by atoms with Gasteiger partial charge in [0.15, 0.2) is 0 Å². The molecule has 0 radical (unpaired) electrons. The Hall–Kier alpha value is -0.160. The summed E-state index contributed by atoms with van der Waals surface area (Å²) in [6, 6.07) is 9.37. The van der Waals surface area contributed by atoms with Gasteiger partial charge in [0.2, 0.25) is 0 Å². The molecule has 0 aromatic heterocycles. The number of nitrogens with zero attached hydrogens (tertiary/aromatic N) is 4. The van der Waals surface area contributed by atoms with E-state index in [0.29, 0.717) is 0 Å². The maximum atomic E-state index is 3.73. The normalized spacial score (nSPS) is 39.8. The summed E-state index contributed by atoms with van der Waals surface area (Å²) in [5.41, 5.74) is 0.282. The van der Waals surface area contributed by atoms with Crippen molar-refractivity contribution in [2.24, 2.45) is 106 Å². The molecule has 0 aromatic carbocycles. The lowest BCUT2D eigenvalue weighted by atomic mass is 9.38. The molecule has 650 valence electrons. The predicted octanol–water partition coefficient (Wildman–Crippen LogP) is 31.9. The van der Waals surface area contributed by atoms with Crippen LogP contribution in [0.15, 0.2) is 0 Å². The first kappa shape index (κ1) is 91.1. The molecule has 4 heteroatoms. The van der Waals surface area contributed by atoms with Gasteiger partial charge in [-0.05, 0) is 344 Å². The zero-order valence-electron chi connectivity index (χ0n) is 78.0. The van der Waals surface area contributed by atoms with E-state index in [0.717, 1.165) is 173 Å². The van der Waals surface area contributed by atoms with Crippen molar-refractivity contribution in [1.82, 2.24) is 19.6 Å². The smallest absolute Gasteiger partial charge is 0.0150 e. The lowest BCUT2D eigenvalue weighted by Gasteiger charge is -2.72. The van der Waals surface area contributed by atoms with E-state index in [1.54, 1.807) is 19.3 Å². The third-order valence-corrected chi connectivity index (χ3v) is 37.1. The van der Waals surface area contributed by atoms with E-state index in [1.807, 2.05) is 0 Å². The third-order valence-electron chi connectivity index (χ3n) is 37.1. The van der Waals surface area contributed by atoms with Crippen molar-refractivity contribution >= 4 is 0 Å². The third kappa shape index (κ3) is 24.6. The van der Waals surface area contributed by atoms with E-state index >= 15 is 0 Å². The molecule has 0 spiro atoms. The molecule has 0 aromatic rings. The van der Waals surface area contributed by atoms with Crippen molar-refractivity contribution in [2.75, 3.05) is 0 Å². The molecule has 12 aliphatic carbocycles. The van der Waals surface area contributed by atoms with Crippen LogP contribution in [0.2, 0.25) is 0 Å². The number of hydrogen-bond acceptors (Lipinski definition) is 4. The van der Waals surface area contributed by atoms with E-state index in [2.05, 4.69) is 110 Å². The topological polar surface area (TPSA) is 13.0 Å². The van der Waals surface area contributed by atoms with Crippen LogP contribution in [0.25, 0.3) is 0 Å². The molecule has 4 nitrogen and oxygen atoms in total. The number of unbranched alkanes of at least 4 members (excludes halogenated alkanes) is 20. The van der Waals surface area contributed by atoms with Crippen molar-refractivity contribution in [3.8, 4) is 0 Å². The molecule has 0 bridgehead atoms. The second kappa shape index (κ2) is 46.4. The first-order chi connectivity index (χ1) is 54.5. The molecule has 12 unspecified atom stereocenters. The molecule has 0 saturated heterocycles. The van der Waals surface area contributed by atoms with Gasteiger partial charge in [0.1, 0.15) is 0 Å². The predicted molar refractivity (Wildman–Crippen MR) is 488 cm³/mol.